The SMILES string of the molecule is Cc1ccc(NCC(=O)N2CCOCC2)c(C)c1S(=O)(=O)NC1CC1. The van der Waals surface area contributed by atoms with Gasteiger partial charge in [0.05, 0.1) is 24.7 Å². The van der Waals surface area contributed by atoms with Crippen LogP contribution in [0.4, 0.5) is 5.69 Å². The van der Waals surface area contributed by atoms with Gasteiger partial charge in [0.2, 0.25) is 15.9 Å². The highest BCUT2D eigenvalue weighted by Gasteiger charge is 2.30. The Morgan fingerprint density at radius 3 is 2.56 bits per heavy atom. The number of hydrogen-bond acceptors (Lipinski definition) is 5. The zero-order chi connectivity index (χ0) is 18.0. The molecular formula is C17H25N3O4S. The molecule has 25 heavy (non-hydrogen) atoms. The van der Waals surface area contributed by atoms with E-state index in [1.54, 1.807) is 24.8 Å². The number of carbonyl (C=O) groups is 1. The van der Waals surface area contributed by atoms with Crippen LogP contribution in [0.1, 0.15) is 24.0 Å². The van der Waals surface area contributed by atoms with Gasteiger partial charge < -0.3 is 15.0 Å². The Balaban J connectivity index is 1.73. The molecule has 0 spiro atoms. The summed E-state index contributed by atoms with van der Waals surface area (Å²) in [5.41, 5.74) is 2.02. The summed E-state index contributed by atoms with van der Waals surface area (Å²) in [6, 6.07) is 3.66. The largest absolute Gasteiger partial charge is 0.378 e. The van der Waals surface area contributed by atoms with Crippen molar-refractivity contribution in [1.29, 1.82) is 0 Å². The fourth-order valence-electron chi connectivity index (χ4n) is 3.01. The molecule has 1 saturated heterocycles. The van der Waals surface area contributed by atoms with E-state index in [0.717, 1.165) is 12.8 Å². The molecule has 1 saturated carbocycles. The first-order chi connectivity index (χ1) is 11.9. The molecule has 2 aliphatic rings. The van der Waals surface area contributed by atoms with Crippen LogP contribution < -0.4 is 10.0 Å². The van der Waals surface area contributed by atoms with Gasteiger partial charge in [-0.05, 0) is 43.9 Å². The quantitative estimate of drug-likeness (QED) is 0.784. The molecule has 1 heterocycles. The van der Waals surface area contributed by atoms with Crippen LogP contribution in [0, 0.1) is 13.8 Å². The first-order valence-corrected chi connectivity index (χ1v) is 10.1. The third kappa shape index (κ3) is 4.31. The minimum atomic E-state index is -3.54. The van der Waals surface area contributed by atoms with E-state index in [2.05, 4.69) is 10.0 Å². The number of morpholine rings is 1. The van der Waals surface area contributed by atoms with Crippen molar-refractivity contribution in [3.8, 4) is 0 Å². The normalized spacial score (nSPS) is 18.2. The molecule has 1 aliphatic carbocycles. The predicted octanol–water partition coefficient (Wildman–Crippen LogP) is 1.01. The number of ether oxygens (including phenoxy) is 1. The minimum absolute atomic E-state index is 0.0104. The summed E-state index contributed by atoms with van der Waals surface area (Å²) >= 11 is 0. The first kappa shape index (κ1) is 18.2. The average molecular weight is 367 g/mol. The van der Waals surface area contributed by atoms with Crippen molar-refractivity contribution in [2.24, 2.45) is 0 Å². The number of nitrogens with zero attached hydrogens (tertiary/aromatic N) is 1. The highest BCUT2D eigenvalue weighted by atomic mass is 32.2. The Kier molecular flexibility index (Phi) is 5.31. The summed E-state index contributed by atoms with van der Waals surface area (Å²) < 4.78 is 33.2. The number of anilines is 1. The van der Waals surface area contributed by atoms with Crippen molar-refractivity contribution < 1.29 is 17.9 Å². The van der Waals surface area contributed by atoms with Gasteiger partial charge in [-0.15, -0.1) is 0 Å². The molecule has 138 valence electrons. The molecule has 3 rings (SSSR count). The van der Waals surface area contributed by atoms with Crippen LogP contribution in [-0.2, 0) is 19.6 Å². The summed E-state index contributed by atoms with van der Waals surface area (Å²) in [7, 11) is -3.54. The second-order valence-electron chi connectivity index (χ2n) is 6.63. The van der Waals surface area contributed by atoms with Gasteiger partial charge in [0, 0.05) is 24.8 Å². The van der Waals surface area contributed by atoms with Crippen LogP contribution in [0.5, 0.6) is 0 Å². The summed E-state index contributed by atoms with van der Waals surface area (Å²) in [6.45, 7) is 6.01. The Bertz CT molecular complexity index is 753. The van der Waals surface area contributed by atoms with Crippen LogP contribution >= 0.6 is 0 Å². The first-order valence-electron chi connectivity index (χ1n) is 8.60. The topological polar surface area (TPSA) is 87.7 Å². The summed E-state index contributed by atoms with van der Waals surface area (Å²) in [6.07, 6.45) is 1.78. The standard InChI is InChI=1S/C17H25N3O4S/c1-12-3-6-15(18-11-16(21)20-7-9-24-10-8-20)13(2)17(12)25(22,23)19-14-4-5-14/h3,6,14,18-19H,4-5,7-11H2,1-2H3. The minimum Gasteiger partial charge on any atom is -0.378 e. The van der Waals surface area contributed by atoms with Crippen molar-refractivity contribution in [3.63, 3.8) is 0 Å². The second kappa shape index (κ2) is 7.31. The van der Waals surface area contributed by atoms with Crippen LogP contribution in [0.3, 0.4) is 0 Å². The molecule has 1 aromatic rings. The third-order valence-corrected chi connectivity index (χ3v) is 6.37. The summed E-state index contributed by atoms with van der Waals surface area (Å²) in [4.78, 5) is 14.3. The number of aryl methyl sites for hydroxylation is 1. The van der Waals surface area contributed by atoms with Gasteiger partial charge in [-0.3, -0.25) is 4.79 Å². The fraction of sp³-hybridized carbons (Fsp3) is 0.588. The Hall–Kier alpha value is -1.64. The maximum absolute atomic E-state index is 12.6. The lowest BCUT2D eigenvalue weighted by Crippen LogP contribution is -2.43. The van der Waals surface area contributed by atoms with Crippen molar-refractivity contribution >= 4 is 21.6 Å². The number of nitrogens with one attached hydrogen (secondary N) is 2. The molecule has 1 amide bonds. The number of hydrogen-bond donors (Lipinski definition) is 2. The predicted molar refractivity (Wildman–Crippen MR) is 95.1 cm³/mol. The van der Waals surface area contributed by atoms with Gasteiger partial charge in [-0.1, -0.05) is 6.07 Å². The van der Waals surface area contributed by atoms with Gasteiger partial charge in [0.1, 0.15) is 0 Å². The van der Waals surface area contributed by atoms with Crippen LogP contribution in [-0.4, -0.2) is 58.1 Å². The van der Waals surface area contributed by atoms with E-state index < -0.39 is 10.0 Å². The molecular weight excluding hydrogens is 342 g/mol. The maximum atomic E-state index is 12.6. The summed E-state index contributed by atoms with van der Waals surface area (Å²) in [5.74, 6) is -0.0104. The van der Waals surface area contributed by atoms with Gasteiger partial charge in [-0.2, -0.15) is 0 Å². The highest BCUT2D eigenvalue weighted by Crippen LogP contribution is 2.29. The third-order valence-electron chi connectivity index (χ3n) is 4.56. The number of rotatable bonds is 6. The molecule has 0 radical (unpaired) electrons. The van der Waals surface area contributed by atoms with Crippen LogP contribution in [0.25, 0.3) is 0 Å². The zero-order valence-corrected chi connectivity index (χ0v) is 15.5. The lowest BCUT2D eigenvalue weighted by atomic mass is 10.1. The van der Waals surface area contributed by atoms with Crippen molar-refractivity contribution in [1.82, 2.24) is 9.62 Å². The lowest BCUT2D eigenvalue weighted by molar-refractivity contribution is -0.133. The number of amides is 1. The van der Waals surface area contributed by atoms with Gasteiger partial charge in [0.25, 0.3) is 0 Å². The molecule has 0 atom stereocenters. The Morgan fingerprint density at radius 1 is 1.24 bits per heavy atom. The molecule has 0 bridgehead atoms. The summed E-state index contributed by atoms with van der Waals surface area (Å²) in [5, 5.41) is 3.09. The van der Waals surface area contributed by atoms with Crippen molar-refractivity contribution in [3.05, 3.63) is 23.3 Å². The van der Waals surface area contributed by atoms with E-state index in [1.807, 2.05) is 6.07 Å². The fourth-order valence-corrected chi connectivity index (χ4v) is 4.80. The molecule has 1 aromatic carbocycles. The van der Waals surface area contributed by atoms with E-state index in [0.29, 0.717) is 48.0 Å². The molecule has 1 aliphatic heterocycles. The highest BCUT2D eigenvalue weighted by molar-refractivity contribution is 7.89. The number of carbonyl (C=O) groups excluding carboxylic acids is 1. The molecule has 2 fully saturated rings. The zero-order valence-electron chi connectivity index (χ0n) is 14.7. The van der Waals surface area contributed by atoms with Gasteiger partial charge in [0.15, 0.2) is 0 Å². The smallest absolute Gasteiger partial charge is 0.242 e. The Morgan fingerprint density at radius 2 is 1.92 bits per heavy atom. The van der Waals surface area contributed by atoms with Gasteiger partial charge >= 0.3 is 0 Å². The second-order valence-corrected chi connectivity index (χ2v) is 8.28. The van der Waals surface area contributed by atoms with E-state index >= 15 is 0 Å². The van der Waals surface area contributed by atoms with Crippen molar-refractivity contribution in [2.75, 3.05) is 38.2 Å². The van der Waals surface area contributed by atoms with Crippen LogP contribution in [0.2, 0.25) is 0 Å². The lowest BCUT2D eigenvalue weighted by Gasteiger charge is -2.27. The Labute approximate surface area is 148 Å². The molecule has 0 aromatic heterocycles. The number of sulfonamides is 1. The monoisotopic (exact) mass is 367 g/mol. The van der Waals surface area contributed by atoms with Crippen molar-refractivity contribution in [2.45, 2.75) is 37.6 Å². The molecule has 0 unspecified atom stereocenters. The van der Waals surface area contributed by atoms with E-state index in [4.69, 9.17) is 4.74 Å². The van der Waals surface area contributed by atoms with E-state index in [9.17, 15) is 13.2 Å². The number of benzene rings is 1. The maximum Gasteiger partial charge on any atom is 0.242 e. The van der Waals surface area contributed by atoms with E-state index in [-0.39, 0.29) is 18.5 Å². The van der Waals surface area contributed by atoms with E-state index in [1.165, 1.54) is 0 Å². The molecule has 2 N–H and O–H groups in total. The molecule has 8 heteroatoms. The van der Waals surface area contributed by atoms with Gasteiger partial charge in [-0.25, -0.2) is 13.1 Å². The average Bonchev–Trinajstić information content (AvgIpc) is 3.37. The van der Waals surface area contributed by atoms with Crippen LogP contribution in [0.15, 0.2) is 17.0 Å². The molecule has 7 nitrogen and oxygen atoms in total.